The van der Waals surface area contributed by atoms with E-state index in [0.29, 0.717) is 5.92 Å². The molecule has 1 aliphatic heterocycles. The number of benzene rings is 2. The first-order valence-electron chi connectivity index (χ1n) is 13.6. The molecule has 3 unspecified atom stereocenters. The molecule has 4 aliphatic rings. The third kappa shape index (κ3) is 4.77. The number of anilines is 1. The van der Waals surface area contributed by atoms with Gasteiger partial charge in [-0.1, -0.05) is 42.5 Å². The number of carbonyl (C=O) groups excluding carboxylic acids is 2. The zero-order valence-corrected chi connectivity index (χ0v) is 21.0. The molecule has 7 nitrogen and oxygen atoms in total. The predicted molar refractivity (Wildman–Crippen MR) is 139 cm³/mol. The second-order valence-corrected chi connectivity index (χ2v) is 11.2. The third-order valence-corrected chi connectivity index (χ3v) is 8.75. The van der Waals surface area contributed by atoms with Crippen LogP contribution in [0.15, 0.2) is 48.5 Å². The molecular weight excluding hydrogens is 468 g/mol. The van der Waals surface area contributed by atoms with E-state index >= 15 is 0 Å². The minimum absolute atomic E-state index is 0.000142. The molecule has 0 bridgehead atoms. The van der Waals surface area contributed by atoms with Gasteiger partial charge in [0.25, 0.3) is 0 Å². The highest BCUT2D eigenvalue weighted by atomic mass is 16.6. The van der Waals surface area contributed by atoms with E-state index in [9.17, 15) is 14.4 Å². The lowest BCUT2D eigenvalue weighted by molar-refractivity contribution is -0.139. The Labute approximate surface area is 217 Å². The Bertz CT molecular complexity index is 1220. The normalized spacial score (nSPS) is 25.2. The van der Waals surface area contributed by atoms with Crippen LogP contribution in [0.4, 0.5) is 10.5 Å². The summed E-state index contributed by atoms with van der Waals surface area (Å²) in [6, 6.07) is 16.4. The van der Waals surface area contributed by atoms with Crippen LogP contribution in [0.2, 0.25) is 0 Å². The lowest BCUT2D eigenvalue weighted by Gasteiger charge is -2.40. The van der Waals surface area contributed by atoms with E-state index in [1.54, 1.807) is 0 Å². The molecule has 0 saturated heterocycles. The van der Waals surface area contributed by atoms with E-state index in [1.807, 2.05) is 29.2 Å². The number of ketones is 1. The molecule has 7 heteroatoms. The van der Waals surface area contributed by atoms with Crippen LogP contribution in [-0.2, 0) is 27.4 Å². The van der Waals surface area contributed by atoms with Gasteiger partial charge >= 0.3 is 12.1 Å². The molecule has 1 amide bonds. The lowest BCUT2D eigenvalue weighted by atomic mass is 9.85. The Morgan fingerprint density at radius 1 is 0.973 bits per heavy atom. The molecule has 0 spiro atoms. The molecule has 3 atom stereocenters. The number of nitrogens with zero attached hydrogens (tertiary/aromatic N) is 1. The van der Waals surface area contributed by atoms with Crippen molar-refractivity contribution in [2.24, 2.45) is 5.92 Å². The Hall–Kier alpha value is -3.19. The summed E-state index contributed by atoms with van der Waals surface area (Å²) in [5.74, 6) is -0.182. The average molecular weight is 503 g/mol. The minimum atomic E-state index is -0.942. The van der Waals surface area contributed by atoms with Gasteiger partial charge in [0.15, 0.2) is 5.78 Å². The average Bonchev–Trinajstić information content (AvgIpc) is 3.83. The van der Waals surface area contributed by atoms with Crippen LogP contribution < -0.4 is 10.2 Å². The number of para-hydroxylation sites is 1. The van der Waals surface area contributed by atoms with Crippen LogP contribution in [-0.4, -0.2) is 40.6 Å². The molecule has 37 heavy (non-hydrogen) atoms. The highest BCUT2D eigenvalue weighted by Crippen LogP contribution is 2.46. The van der Waals surface area contributed by atoms with Crippen LogP contribution in [0.5, 0.6) is 0 Å². The fourth-order valence-corrected chi connectivity index (χ4v) is 6.52. The highest BCUT2D eigenvalue weighted by molar-refractivity contribution is 5.93. The third-order valence-electron chi connectivity index (χ3n) is 8.75. The number of Topliss-reactive ketones (excluding diaryl/α,β-unsaturated/α-hetero) is 1. The smallest absolute Gasteiger partial charge is 0.414 e. The molecule has 2 aromatic carbocycles. The van der Waals surface area contributed by atoms with Gasteiger partial charge in [-0.3, -0.25) is 14.5 Å². The van der Waals surface area contributed by atoms with E-state index in [4.69, 9.17) is 9.84 Å². The van der Waals surface area contributed by atoms with Crippen molar-refractivity contribution >= 4 is 23.5 Å². The first-order valence-corrected chi connectivity index (χ1v) is 13.6. The lowest BCUT2D eigenvalue weighted by Crippen LogP contribution is -2.53. The summed E-state index contributed by atoms with van der Waals surface area (Å²) in [4.78, 5) is 39.3. The molecule has 0 radical (unpaired) electrons. The zero-order valence-electron chi connectivity index (χ0n) is 21.0. The van der Waals surface area contributed by atoms with Crippen molar-refractivity contribution in [3.8, 4) is 0 Å². The summed E-state index contributed by atoms with van der Waals surface area (Å²) < 4.78 is 5.95. The molecule has 2 N–H and O–H groups in total. The molecule has 2 aromatic rings. The van der Waals surface area contributed by atoms with Crippen LogP contribution in [0.25, 0.3) is 0 Å². The van der Waals surface area contributed by atoms with Gasteiger partial charge < -0.3 is 15.2 Å². The van der Waals surface area contributed by atoms with Crippen molar-refractivity contribution in [3.05, 3.63) is 65.2 Å². The molecule has 6 rings (SSSR count). The number of fused-ring (bicyclic) bond motifs is 2. The van der Waals surface area contributed by atoms with Gasteiger partial charge in [-0.05, 0) is 79.5 Å². The molecular formula is C30H34N2O5. The second kappa shape index (κ2) is 9.60. The number of aliphatic carboxylic acids is 1. The molecule has 3 aliphatic carbocycles. The molecule has 0 aromatic heterocycles. The number of nitrogens with one attached hydrogen (secondary N) is 1. The Balaban J connectivity index is 1.19. The summed E-state index contributed by atoms with van der Waals surface area (Å²) in [5.41, 5.74) is 3.82. The molecule has 1 heterocycles. The van der Waals surface area contributed by atoms with E-state index in [2.05, 4.69) is 29.6 Å². The number of hydrogen-bond acceptors (Lipinski definition) is 5. The second-order valence-electron chi connectivity index (χ2n) is 11.2. The number of ether oxygens (including phenoxy) is 1. The maximum absolute atomic E-state index is 13.6. The van der Waals surface area contributed by atoms with Crippen molar-refractivity contribution in [1.82, 2.24) is 5.32 Å². The highest BCUT2D eigenvalue weighted by Gasteiger charge is 2.54. The van der Waals surface area contributed by atoms with Gasteiger partial charge in [-0.25, -0.2) is 4.79 Å². The fraction of sp³-hybridized carbons (Fsp3) is 0.500. The molecule has 3 fully saturated rings. The Morgan fingerprint density at radius 3 is 2.49 bits per heavy atom. The SMILES string of the molecule is O=C(O)CCC(=O)C1(NC2CCC3C2Cc2ccccc2N3C(=O)OCc2ccccc2C2CC2)CC1. The fourth-order valence-electron chi connectivity index (χ4n) is 6.52. The van der Waals surface area contributed by atoms with Crippen LogP contribution in [0.1, 0.15) is 74.0 Å². The van der Waals surface area contributed by atoms with E-state index in [0.717, 1.165) is 48.9 Å². The van der Waals surface area contributed by atoms with E-state index < -0.39 is 11.5 Å². The predicted octanol–water partition coefficient (Wildman–Crippen LogP) is 4.97. The Morgan fingerprint density at radius 2 is 1.73 bits per heavy atom. The summed E-state index contributed by atoms with van der Waals surface area (Å²) >= 11 is 0. The van der Waals surface area contributed by atoms with Crippen molar-refractivity contribution in [1.29, 1.82) is 0 Å². The topological polar surface area (TPSA) is 95.9 Å². The first kappa shape index (κ1) is 24.2. The Kier molecular flexibility index (Phi) is 6.27. The number of rotatable bonds is 9. The van der Waals surface area contributed by atoms with Gasteiger partial charge in [-0.15, -0.1) is 0 Å². The van der Waals surface area contributed by atoms with Gasteiger partial charge in [0.1, 0.15) is 6.61 Å². The number of carboxylic acids is 1. The van der Waals surface area contributed by atoms with E-state index in [-0.39, 0.29) is 49.3 Å². The number of carboxylic acid groups (broad SMARTS) is 1. The molecule has 194 valence electrons. The quantitative estimate of drug-likeness (QED) is 0.503. The van der Waals surface area contributed by atoms with Gasteiger partial charge in [-0.2, -0.15) is 0 Å². The van der Waals surface area contributed by atoms with Gasteiger partial charge in [0.2, 0.25) is 0 Å². The maximum atomic E-state index is 13.6. The maximum Gasteiger partial charge on any atom is 0.414 e. The zero-order chi connectivity index (χ0) is 25.6. The summed E-state index contributed by atoms with van der Waals surface area (Å²) in [7, 11) is 0. The number of carbonyl (C=O) groups is 3. The number of amides is 1. The summed E-state index contributed by atoms with van der Waals surface area (Å²) in [6.07, 6.45) is 6.06. The minimum Gasteiger partial charge on any atom is -0.481 e. The van der Waals surface area contributed by atoms with Crippen molar-refractivity contribution in [2.75, 3.05) is 4.90 Å². The van der Waals surface area contributed by atoms with Gasteiger partial charge in [0.05, 0.1) is 17.6 Å². The summed E-state index contributed by atoms with van der Waals surface area (Å²) in [6.45, 7) is 0.268. The summed E-state index contributed by atoms with van der Waals surface area (Å²) in [5, 5.41) is 12.6. The van der Waals surface area contributed by atoms with Gasteiger partial charge in [0, 0.05) is 18.5 Å². The molecule has 3 saturated carbocycles. The van der Waals surface area contributed by atoms with Crippen molar-refractivity contribution in [2.45, 2.75) is 87.9 Å². The van der Waals surface area contributed by atoms with E-state index in [1.165, 1.54) is 18.4 Å². The van der Waals surface area contributed by atoms with Crippen LogP contribution in [0, 0.1) is 5.92 Å². The van der Waals surface area contributed by atoms with Crippen molar-refractivity contribution in [3.63, 3.8) is 0 Å². The number of hydrogen-bond donors (Lipinski definition) is 2. The van der Waals surface area contributed by atoms with Crippen molar-refractivity contribution < 1.29 is 24.2 Å². The van der Waals surface area contributed by atoms with Crippen LogP contribution >= 0.6 is 0 Å². The largest absolute Gasteiger partial charge is 0.481 e. The standard InChI is InChI=1S/C30H34N2O5/c33-27(13-14-28(34)35)30(15-16-30)31-24-11-12-26-23(24)17-20-5-2-4-8-25(20)32(26)29(36)37-18-21-6-1-3-7-22(21)19-9-10-19/h1-8,19,23-24,26,31H,9-18H2,(H,34,35). The first-order chi connectivity index (χ1) is 17.9. The monoisotopic (exact) mass is 502 g/mol. The van der Waals surface area contributed by atoms with Crippen LogP contribution in [0.3, 0.4) is 0 Å².